The molecule has 10 heteroatoms. The van der Waals surface area contributed by atoms with Crippen LogP contribution in [-0.2, 0) is 25.6 Å². The fraction of sp³-hybridized carbons (Fsp3) is 0.583. The number of aliphatic carboxylic acids is 1. The number of hydrogen-bond acceptors (Lipinski definition) is 6. The van der Waals surface area contributed by atoms with E-state index in [2.05, 4.69) is 10.6 Å². The number of rotatable bonds is 11. The first kappa shape index (κ1) is 27.3. The fourth-order valence-electron chi connectivity index (χ4n) is 4.00. The molecule has 3 amide bonds. The molecule has 10 nitrogen and oxygen atoms in total. The lowest BCUT2D eigenvalue weighted by atomic mass is 10.00. The average Bonchev–Trinajstić information content (AvgIpc) is 3.27. The lowest BCUT2D eigenvalue weighted by molar-refractivity contribution is -0.149. The van der Waals surface area contributed by atoms with E-state index in [1.54, 1.807) is 24.3 Å². The maximum absolute atomic E-state index is 13.3. The summed E-state index contributed by atoms with van der Waals surface area (Å²) in [4.78, 5) is 51.9. The summed E-state index contributed by atoms with van der Waals surface area (Å²) in [6.07, 6.45) is 0.294. The molecule has 2 rings (SSSR count). The van der Waals surface area contributed by atoms with E-state index in [1.165, 1.54) is 11.8 Å². The highest BCUT2D eigenvalue weighted by molar-refractivity contribution is 5.94. The molecule has 1 aromatic rings. The topological polar surface area (TPSA) is 162 Å². The Morgan fingerprint density at radius 2 is 1.68 bits per heavy atom. The Kier molecular flexibility index (Phi) is 10.0. The average molecular weight is 477 g/mol. The van der Waals surface area contributed by atoms with Crippen LogP contribution in [0.15, 0.2) is 30.3 Å². The van der Waals surface area contributed by atoms with Crippen molar-refractivity contribution in [3.05, 3.63) is 35.9 Å². The second-order valence-corrected chi connectivity index (χ2v) is 9.24. The molecule has 5 atom stereocenters. The number of aliphatic hydroxyl groups excluding tert-OH is 1. The first-order valence-corrected chi connectivity index (χ1v) is 11.6. The number of likely N-dealkylation sites (tertiary alicyclic amines) is 1. The van der Waals surface area contributed by atoms with Gasteiger partial charge in [0, 0.05) is 13.0 Å². The van der Waals surface area contributed by atoms with Crippen LogP contribution in [0.4, 0.5) is 0 Å². The molecule has 0 aromatic heterocycles. The van der Waals surface area contributed by atoms with Gasteiger partial charge >= 0.3 is 5.97 Å². The van der Waals surface area contributed by atoms with E-state index in [0.29, 0.717) is 25.8 Å². The van der Waals surface area contributed by atoms with Crippen molar-refractivity contribution in [3.8, 4) is 0 Å². The molecule has 5 unspecified atom stereocenters. The third-order valence-electron chi connectivity index (χ3n) is 5.88. The number of nitrogens with one attached hydrogen (secondary N) is 2. The van der Waals surface area contributed by atoms with Crippen LogP contribution < -0.4 is 16.4 Å². The van der Waals surface area contributed by atoms with E-state index in [0.717, 1.165) is 5.56 Å². The minimum absolute atomic E-state index is 0.0472. The van der Waals surface area contributed by atoms with Crippen LogP contribution in [0, 0.1) is 5.92 Å². The molecular weight excluding hydrogens is 440 g/mol. The summed E-state index contributed by atoms with van der Waals surface area (Å²) in [5, 5.41) is 24.4. The van der Waals surface area contributed by atoms with E-state index < -0.39 is 54.0 Å². The van der Waals surface area contributed by atoms with Gasteiger partial charge in [0.2, 0.25) is 17.7 Å². The quantitative estimate of drug-likeness (QED) is 0.301. The Labute approximate surface area is 199 Å². The molecular formula is C24H36N4O6. The third kappa shape index (κ3) is 7.53. The van der Waals surface area contributed by atoms with Crippen LogP contribution in [0.25, 0.3) is 0 Å². The van der Waals surface area contributed by atoms with Crippen LogP contribution in [0.2, 0.25) is 0 Å². The molecule has 0 spiro atoms. The van der Waals surface area contributed by atoms with Gasteiger partial charge in [0.05, 0.1) is 6.10 Å². The SMILES string of the molecule is CC(C)CC(NC(=O)C(Cc1ccccc1)NC(=O)C(N)C(C)O)C(=O)N1CCCC1C(=O)O. The van der Waals surface area contributed by atoms with Crippen LogP contribution in [0.3, 0.4) is 0 Å². The highest BCUT2D eigenvalue weighted by atomic mass is 16.4. The maximum atomic E-state index is 13.3. The Bertz CT molecular complexity index is 860. The van der Waals surface area contributed by atoms with E-state index in [1.807, 2.05) is 19.9 Å². The van der Waals surface area contributed by atoms with Crippen molar-refractivity contribution in [2.75, 3.05) is 6.54 Å². The van der Waals surface area contributed by atoms with Crippen LogP contribution >= 0.6 is 0 Å². The molecule has 1 saturated heterocycles. The molecule has 0 radical (unpaired) electrons. The molecule has 0 bridgehead atoms. The molecule has 1 aliphatic rings. The van der Waals surface area contributed by atoms with Crippen LogP contribution in [0.1, 0.15) is 45.6 Å². The highest BCUT2D eigenvalue weighted by Crippen LogP contribution is 2.20. The predicted octanol–water partition coefficient (Wildman–Crippen LogP) is 0.0285. The number of amides is 3. The first-order chi connectivity index (χ1) is 16.0. The predicted molar refractivity (Wildman–Crippen MR) is 125 cm³/mol. The van der Waals surface area contributed by atoms with Gasteiger partial charge in [0.15, 0.2) is 0 Å². The third-order valence-corrected chi connectivity index (χ3v) is 5.88. The van der Waals surface area contributed by atoms with E-state index >= 15 is 0 Å². The van der Waals surface area contributed by atoms with Gasteiger partial charge in [0.25, 0.3) is 0 Å². The van der Waals surface area contributed by atoms with E-state index in [9.17, 15) is 29.4 Å². The van der Waals surface area contributed by atoms with Crippen molar-refractivity contribution in [2.45, 2.75) is 76.7 Å². The number of carboxylic acid groups (broad SMARTS) is 1. The van der Waals surface area contributed by atoms with Gasteiger partial charge in [-0.1, -0.05) is 44.2 Å². The Hall–Kier alpha value is -2.98. The lowest BCUT2D eigenvalue weighted by Crippen LogP contribution is -2.58. The molecule has 0 aliphatic carbocycles. The summed E-state index contributed by atoms with van der Waals surface area (Å²) in [5.41, 5.74) is 6.52. The zero-order chi connectivity index (χ0) is 25.4. The summed E-state index contributed by atoms with van der Waals surface area (Å²) in [5.74, 6) is -2.74. The molecule has 1 fully saturated rings. The summed E-state index contributed by atoms with van der Waals surface area (Å²) in [7, 11) is 0. The maximum Gasteiger partial charge on any atom is 0.326 e. The number of aliphatic hydroxyl groups is 1. The van der Waals surface area contributed by atoms with Crippen LogP contribution in [-0.4, -0.2) is 75.6 Å². The largest absolute Gasteiger partial charge is 0.480 e. The van der Waals surface area contributed by atoms with Crippen molar-refractivity contribution < 1.29 is 29.4 Å². The van der Waals surface area contributed by atoms with Crippen molar-refractivity contribution in [3.63, 3.8) is 0 Å². The Morgan fingerprint density at radius 1 is 1.06 bits per heavy atom. The molecule has 0 saturated carbocycles. The Balaban J connectivity index is 2.24. The molecule has 1 aromatic carbocycles. The minimum atomic E-state index is -1.22. The molecule has 1 aliphatic heterocycles. The normalized spacial score (nSPS) is 19.2. The molecule has 188 valence electrons. The van der Waals surface area contributed by atoms with Crippen molar-refractivity contribution in [2.24, 2.45) is 11.7 Å². The summed E-state index contributed by atoms with van der Waals surface area (Å²) in [6, 6.07) is 4.93. The monoisotopic (exact) mass is 476 g/mol. The van der Waals surface area contributed by atoms with E-state index in [4.69, 9.17) is 5.73 Å². The van der Waals surface area contributed by atoms with Gasteiger partial charge < -0.3 is 31.5 Å². The second-order valence-electron chi connectivity index (χ2n) is 9.24. The van der Waals surface area contributed by atoms with Gasteiger partial charge in [-0.25, -0.2) is 4.79 Å². The van der Waals surface area contributed by atoms with Gasteiger partial charge in [-0.15, -0.1) is 0 Å². The summed E-state index contributed by atoms with van der Waals surface area (Å²) in [6.45, 7) is 5.49. The minimum Gasteiger partial charge on any atom is -0.480 e. The zero-order valence-electron chi connectivity index (χ0n) is 19.9. The Morgan fingerprint density at radius 3 is 2.24 bits per heavy atom. The van der Waals surface area contributed by atoms with E-state index in [-0.39, 0.29) is 12.3 Å². The smallest absolute Gasteiger partial charge is 0.326 e. The number of nitrogens with two attached hydrogens (primary N) is 1. The van der Waals surface area contributed by atoms with Crippen molar-refractivity contribution in [1.29, 1.82) is 0 Å². The molecule has 1 heterocycles. The van der Waals surface area contributed by atoms with Crippen LogP contribution in [0.5, 0.6) is 0 Å². The van der Waals surface area contributed by atoms with Gasteiger partial charge in [0.1, 0.15) is 24.2 Å². The number of nitrogens with zero attached hydrogens (tertiary/aromatic N) is 1. The second kappa shape index (κ2) is 12.5. The first-order valence-electron chi connectivity index (χ1n) is 11.6. The standard InChI is InChI=1S/C24H36N4O6/c1-14(2)12-18(23(32)28-11-7-10-19(28)24(33)34)27-21(30)17(13-16-8-5-4-6-9-16)26-22(31)20(25)15(3)29/h4-6,8-9,14-15,17-20,29H,7,10-13,25H2,1-3H3,(H,26,31)(H,27,30)(H,33,34). The van der Waals surface area contributed by atoms with Crippen molar-refractivity contribution in [1.82, 2.24) is 15.5 Å². The van der Waals surface area contributed by atoms with Gasteiger partial charge in [-0.05, 0) is 37.7 Å². The molecule has 34 heavy (non-hydrogen) atoms. The lowest BCUT2D eigenvalue weighted by Gasteiger charge is -2.30. The zero-order valence-corrected chi connectivity index (χ0v) is 19.9. The number of carbonyl (C=O) groups excluding carboxylic acids is 3. The van der Waals surface area contributed by atoms with Gasteiger partial charge in [-0.3, -0.25) is 14.4 Å². The summed E-state index contributed by atoms with van der Waals surface area (Å²) < 4.78 is 0. The summed E-state index contributed by atoms with van der Waals surface area (Å²) >= 11 is 0. The number of benzene rings is 1. The van der Waals surface area contributed by atoms with Crippen molar-refractivity contribution >= 4 is 23.7 Å². The number of carbonyl (C=O) groups is 4. The highest BCUT2D eigenvalue weighted by Gasteiger charge is 2.38. The molecule has 6 N–H and O–H groups in total. The fourth-order valence-corrected chi connectivity index (χ4v) is 4.00. The number of hydrogen-bond donors (Lipinski definition) is 5. The van der Waals surface area contributed by atoms with Gasteiger partial charge in [-0.2, -0.15) is 0 Å². The number of carboxylic acids is 1.